The number of anilines is 1. The second-order valence-electron chi connectivity index (χ2n) is 6.44. The smallest absolute Gasteiger partial charge is 0.188 e. The van der Waals surface area contributed by atoms with Gasteiger partial charge in [0.1, 0.15) is 23.2 Å². The van der Waals surface area contributed by atoms with Crippen LogP contribution in [0, 0.1) is 5.41 Å². The molecule has 2 heterocycles. The number of carbonyl (C=O) groups excluding carboxylic acids is 1. The SMILES string of the molecule is COc1cc(OC)cc(N2CC(=O)C(=C3CN=C(c4ccccc4)N3)C2=N)c1. The molecule has 1 fully saturated rings. The molecule has 2 N–H and O–H groups in total. The van der Waals surface area contributed by atoms with Gasteiger partial charge in [-0.15, -0.1) is 0 Å². The molecule has 4 rings (SSSR count). The highest BCUT2D eigenvalue weighted by molar-refractivity contribution is 6.33. The normalized spacial score (nSPS) is 18.9. The van der Waals surface area contributed by atoms with Crippen LogP contribution in [-0.2, 0) is 4.79 Å². The topological polar surface area (TPSA) is 87.0 Å². The molecule has 142 valence electrons. The molecule has 0 saturated carbocycles. The number of Topliss-reactive ketones (excluding diaryl/α,β-unsaturated/α-hetero) is 1. The summed E-state index contributed by atoms with van der Waals surface area (Å²) in [6.07, 6.45) is 0. The standard InChI is InChI=1S/C21H20N4O3/c1-27-15-8-14(9-16(10-15)28-2)25-12-18(26)19(20(25)22)17-11-23-21(24-17)13-6-4-3-5-7-13/h3-10,22H,11-12H2,1-2H3,(H,23,24). The lowest BCUT2D eigenvalue weighted by molar-refractivity contribution is -0.113. The van der Waals surface area contributed by atoms with E-state index in [1.165, 1.54) is 0 Å². The molecule has 0 amide bonds. The summed E-state index contributed by atoms with van der Waals surface area (Å²) in [4.78, 5) is 18.9. The molecule has 28 heavy (non-hydrogen) atoms. The van der Waals surface area contributed by atoms with E-state index in [9.17, 15) is 4.79 Å². The van der Waals surface area contributed by atoms with Gasteiger partial charge >= 0.3 is 0 Å². The highest BCUT2D eigenvalue weighted by Crippen LogP contribution is 2.32. The van der Waals surface area contributed by atoms with Crippen molar-refractivity contribution in [1.29, 1.82) is 5.41 Å². The Bertz CT molecular complexity index is 989. The Morgan fingerprint density at radius 1 is 1.07 bits per heavy atom. The summed E-state index contributed by atoms with van der Waals surface area (Å²) in [6, 6.07) is 15.0. The number of aliphatic imine (C=N–C) groups is 1. The van der Waals surface area contributed by atoms with Crippen LogP contribution >= 0.6 is 0 Å². The Kier molecular flexibility index (Phi) is 4.57. The minimum atomic E-state index is -0.112. The molecule has 2 aliphatic heterocycles. The van der Waals surface area contributed by atoms with Crippen LogP contribution in [-0.4, -0.2) is 44.8 Å². The molecule has 0 radical (unpaired) electrons. The fourth-order valence-electron chi connectivity index (χ4n) is 3.33. The monoisotopic (exact) mass is 376 g/mol. The number of nitrogens with zero attached hydrogens (tertiary/aromatic N) is 2. The molecule has 0 unspecified atom stereocenters. The summed E-state index contributed by atoms with van der Waals surface area (Å²) in [5.74, 6) is 1.95. The number of methoxy groups -OCH3 is 2. The van der Waals surface area contributed by atoms with Gasteiger partial charge in [-0.3, -0.25) is 15.2 Å². The average Bonchev–Trinajstić information content (AvgIpc) is 3.32. The van der Waals surface area contributed by atoms with E-state index in [0.29, 0.717) is 40.8 Å². The maximum absolute atomic E-state index is 12.7. The Morgan fingerprint density at radius 2 is 1.75 bits per heavy atom. The van der Waals surface area contributed by atoms with Gasteiger partial charge in [0.2, 0.25) is 0 Å². The second-order valence-corrected chi connectivity index (χ2v) is 6.44. The zero-order chi connectivity index (χ0) is 19.7. The first-order chi connectivity index (χ1) is 13.6. The molecule has 0 bridgehead atoms. The summed E-state index contributed by atoms with van der Waals surface area (Å²) in [6.45, 7) is 0.444. The van der Waals surface area contributed by atoms with Crippen molar-refractivity contribution in [3.63, 3.8) is 0 Å². The first-order valence-electron chi connectivity index (χ1n) is 8.83. The van der Waals surface area contributed by atoms with Gasteiger partial charge in [-0.25, -0.2) is 0 Å². The first kappa shape index (κ1) is 17.8. The molecule has 0 spiro atoms. The fourth-order valence-corrected chi connectivity index (χ4v) is 3.33. The third-order valence-electron chi connectivity index (χ3n) is 4.75. The van der Waals surface area contributed by atoms with E-state index >= 15 is 0 Å². The number of ketones is 1. The summed E-state index contributed by atoms with van der Waals surface area (Å²) >= 11 is 0. The van der Waals surface area contributed by atoms with Gasteiger partial charge in [0.25, 0.3) is 0 Å². The van der Waals surface area contributed by atoms with Crippen LogP contribution in [0.3, 0.4) is 0 Å². The second kappa shape index (κ2) is 7.19. The van der Waals surface area contributed by atoms with Crippen molar-refractivity contribution >= 4 is 23.1 Å². The number of rotatable bonds is 4. The molecule has 0 aromatic heterocycles. The number of benzene rings is 2. The average molecular weight is 376 g/mol. The van der Waals surface area contributed by atoms with Crippen molar-refractivity contribution in [2.24, 2.45) is 4.99 Å². The number of ether oxygens (including phenoxy) is 2. The Morgan fingerprint density at radius 3 is 2.39 bits per heavy atom. The summed E-state index contributed by atoms with van der Waals surface area (Å²) in [5.41, 5.74) is 2.65. The van der Waals surface area contributed by atoms with Gasteiger partial charge in [-0.2, -0.15) is 0 Å². The molecular weight excluding hydrogens is 356 g/mol. The fraction of sp³-hybridized carbons (Fsp3) is 0.190. The molecule has 7 nitrogen and oxygen atoms in total. The van der Waals surface area contributed by atoms with Crippen LogP contribution in [0.25, 0.3) is 0 Å². The van der Waals surface area contributed by atoms with E-state index in [2.05, 4.69) is 10.3 Å². The van der Waals surface area contributed by atoms with Gasteiger partial charge in [0, 0.05) is 23.8 Å². The highest BCUT2D eigenvalue weighted by Gasteiger charge is 2.35. The van der Waals surface area contributed by atoms with Crippen LogP contribution < -0.4 is 19.7 Å². The van der Waals surface area contributed by atoms with Crippen LogP contribution in [0.15, 0.2) is 64.8 Å². The van der Waals surface area contributed by atoms with Crippen molar-refractivity contribution < 1.29 is 14.3 Å². The van der Waals surface area contributed by atoms with Crippen molar-refractivity contribution in [1.82, 2.24) is 5.32 Å². The minimum Gasteiger partial charge on any atom is -0.497 e. The number of nitrogens with one attached hydrogen (secondary N) is 2. The molecule has 7 heteroatoms. The predicted octanol–water partition coefficient (Wildman–Crippen LogP) is 2.37. The zero-order valence-electron chi connectivity index (χ0n) is 15.7. The minimum absolute atomic E-state index is 0.0936. The molecule has 0 atom stereocenters. The van der Waals surface area contributed by atoms with E-state index in [-0.39, 0.29) is 18.2 Å². The van der Waals surface area contributed by atoms with Crippen LogP contribution in [0.2, 0.25) is 0 Å². The molecule has 1 saturated heterocycles. The first-order valence-corrected chi connectivity index (χ1v) is 8.83. The molecule has 0 aliphatic carbocycles. The van der Waals surface area contributed by atoms with Crippen molar-refractivity contribution in [2.45, 2.75) is 0 Å². The van der Waals surface area contributed by atoms with Crippen LogP contribution in [0.1, 0.15) is 5.56 Å². The Hall–Kier alpha value is -3.61. The maximum atomic E-state index is 12.7. The van der Waals surface area contributed by atoms with E-state index in [1.807, 2.05) is 30.3 Å². The van der Waals surface area contributed by atoms with E-state index in [1.54, 1.807) is 37.3 Å². The summed E-state index contributed by atoms with van der Waals surface area (Å²) in [7, 11) is 3.13. The number of hydrogen-bond acceptors (Lipinski definition) is 6. The number of carbonyl (C=O) groups is 1. The van der Waals surface area contributed by atoms with Crippen molar-refractivity contribution in [3.05, 3.63) is 65.4 Å². The number of hydrogen-bond donors (Lipinski definition) is 2. The quantitative estimate of drug-likeness (QED) is 0.800. The molecule has 2 aliphatic rings. The Balaban J connectivity index is 1.63. The largest absolute Gasteiger partial charge is 0.497 e. The van der Waals surface area contributed by atoms with Gasteiger partial charge in [0.15, 0.2) is 5.78 Å². The highest BCUT2D eigenvalue weighted by atomic mass is 16.5. The Labute approximate surface area is 162 Å². The third kappa shape index (κ3) is 3.11. The molecule has 2 aromatic carbocycles. The van der Waals surface area contributed by atoms with Gasteiger partial charge in [-0.05, 0) is 0 Å². The molecule has 2 aromatic rings. The summed E-state index contributed by atoms with van der Waals surface area (Å²) < 4.78 is 10.6. The summed E-state index contributed by atoms with van der Waals surface area (Å²) in [5, 5.41) is 11.8. The van der Waals surface area contributed by atoms with Gasteiger partial charge in [0.05, 0.1) is 44.3 Å². The predicted molar refractivity (Wildman–Crippen MR) is 108 cm³/mol. The van der Waals surface area contributed by atoms with Crippen molar-refractivity contribution in [2.75, 3.05) is 32.2 Å². The lowest BCUT2D eigenvalue weighted by atomic mass is 10.1. The lowest BCUT2D eigenvalue weighted by Crippen LogP contribution is -2.26. The lowest BCUT2D eigenvalue weighted by Gasteiger charge is -2.19. The third-order valence-corrected chi connectivity index (χ3v) is 4.75. The molecular formula is C21H20N4O3. The van der Waals surface area contributed by atoms with Gasteiger partial charge in [-0.1, -0.05) is 30.3 Å². The van der Waals surface area contributed by atoms with E-state index in [4.69, 9.17) is 14.9 Å². The van der Waals surface area contributed by atoms with Gasteiger partial charge < -0.3 is 19.7 Å². The maximum Gasteiger partial charge on any atom is 0.188 e. The van der Waals surface area contributed by atoms with Crippen LogP contribution in [0.5, 0.6) is 11.5 Å². The van der Waals surface area contributed by atoms with Crippen LogP contribution in [0.4, 0.5) is 5.69 Å². The zero-order valence-corrected chi connectivity index (χ0v) is 15.7. The van der Waals surface area contributed by atoms with Crippen molar-refractivity contribution in [3.8, 4) is 11.5 Å². The van der Waals surface area contributed by atoms with E-state index in [0.717, 1.165) is 5.56 Å². The number of amidine groups is 2. The van der Waals surface area contributed by atoms with E-state index < -0.39 is 0 Å².